The predicted molar refractivity (Wildman–Crippen MR) is 146 cm³/mol. The minimum Gasteiger partial charge on any atom is -0.444 e. The monoisotopic (exact) mass is 501 g/mol. The van der Waals surface area contributed by atoms with E-state index in [-0.39, 0.29) is 12.6 Å². The number of carbonyl (C=O) groups is 1. The molecule has 3 aromatic carbocycles. The number of rotatable bonds is 6. The van der Waals surface area contributed by atoms with Crippen molar-refractivity contribution in [3.63, 3.8) is 0 Å². The number of carbonyl (C=O) groups excluding carboxylic acids is 1. The normalized spacial score (nSPS) is 23.7. The first-order valence-electron chi connectivity index (χ1n) is 14.5. The molecule has 5 rings (SSSR count). The molecule has 3 aromatic rings. The van der Waals surface area contributed by atoms with Crippen molar-refractivity contribution in [2.45, 2.75) is 56.3 Å². The molecule has 2 fully saturated rings. The van der Waals surface area contributed by atoms with Crippen molar-refractivity contribution in [3.8, 4) is 0 Å². The summed E-state index contributed by atoms with van der Waals surface area (Å²) >= 11 is 0. The second-order valence-electron chi connectivity index (χ2n) is 11.2. The van der Waals surface area contributed by atoms with Crippen LogP contribution in [0, 0.1) is 0 Å². The summed E-state index contributed by atoms with van der Waals surface area (Å²) in [5, 5.41) is 0. The van der Waals surface area contributed by atoms with E-state index in [9.17, 15) is 4.79 Å². The Morgan fingerprint density at radius 2 is 1.43 bits per heavy atom. The first kappa shape index (κ1) is 21.9. The Morgan fingerprint density at radius 1 is 0.919 bits per heavy atom. The van der Waals surface area contributed by atoms with Crippen LogP contribution in [0.1, 0.15) is 54.4 Å². The molecule has 2 aliphatic rings. The molecule has 0 N–H and O–H groups in total. The van der Waals surface area contributed by atoms with Crippen LogP contribution in [0.4, 0.5) is 4.79 Å². The van der Waals surface area contributed by atoms with Gasteiger partial charge in [-0.05, 0) is 50.3 Å². The highest BCUT2D eigenvalue weighted by Gasteiger charge is 2.58. The number of likely N-dealkylation sites (tertiary alicyclic amines) is 1. The number of hydrogen-bond acceptors (Lipinski definition) is 4. The number of piperazine rings is 1. The summed E-state index contributed by atoms with van der Waals surface area (Å²) < 4.78 is 34.7. The number of benzene rings is 3. The smallest absolute Gasteiger partial charge is 0.411 e. The fourth-order valence-electron chi connectivity index (χ4n) is 6.39. The first-order valence-corrected chi connectivity index (χ1v) is 13.0. The number of nitrogens with zero attached hydrogens (tertiary/aromatic N) is 2. The molecule has 2 atom stereocenters. The Bertz CT molecular complexity index is 1200. The van der Waals surface area contributed by atoms with Gasteiger partial charge in [-0.15, -0.1) is 0 Å². The van der Waals surface area contributed by atoms with Gasteiger partial charge < -0.3 is 9.47 Å². The maximum atomic E-state index is 13.7. The van der Waals surface area contributed by atoms with Crippen molar-refractivity contribution in [2.75, 3.05) is 26.7 Å². The highest BCUT2D eigenvalue weighted by atomic mass is 16.6. The number of methoxy groups -OCH3 is 1. The molecule has 0 radical (unpaired) electrons. The van der Waals surface area contributed by atoms with E-state index < -0.39 is 29.8 Å². The van der Waals surface area contributed by atoms with E-state index in [1.54, 1.807) is 4.90 Å². The lowest BCUT2D eigenvalue weighted by Crippen LogP contribution is -2.69. The fourth-order valence-corrected chi connectivity index (χ4v) is 6.39. The highest BCUT2D eigenvalue weighted by molar-refractivity contribution is 5.71. The Labute approximate surface area is 225 Å². The van der Waals surface area contributed by atoms with Crippen LogP contribution >= 0.6 is 0 Å². The third-order valence-corrected chi connectivity index (χ3v) is 7.72. The van der Waals surface area contributed by atoms with Crippen molar-refractivity contribution >= 4 is 6.09 Å². The molecule has 0 saturated carbocycles. The summed E-state index contributed by atoms with van der Waals surface area (Å²) in [6.45, 7) is 6.44. The van der Waals surface area contributed by atoms with Gasteiger partial charge in [-0.2, -0.15) is 0 Å². The molecule has 2 bridgehead atoms. The Kier molecular flexibility index (Phi) is 5.89. The second kappa shape index (κ2) is 9.96. The molecule has 2 saturated heterocycles. The van der Waals surface area contributed by atoms with Gasteiger partial charge >= 0.3 is 6.09 Å². The maximum absolute atomic E-state index is 13.7. The molecule has 0 spiro atoms. The zero-order valence-corrected chi connectivity index (χ0v) is 21.9. The van der Waals surface area contributed by atoms with Crippen molar-refractivity contribution in [2.24, 2.45) is 0 Å². The molecule has 1 amide bonds. The van der Waals surface area contributed by atoms with Gasteiger partial charge in [0, 0.05) is 26.2 Å². The molecular weight excluding hydrogens is 460 g/mol. The van der Waals surface area contributed by atoms with Crippen LogP contribution in [0.25, 0.3) is 0 Å². The van der Waals surface area contributed by atoms with Gasteiger partial charge in [0.05, 0.1) is 21.8 Å². The van der Waals surface area contributed by atoms with Crippen LogP contribution in [-0.4, -0.2) is 59.8 Å². The first-order chi connectivity index (χ1) is 18.9. The van der Waals surface area contributed by atoms with Gasteiger partial charge in [-0.25, -0.2) is 4.79 Å². The van der Waals surface area contributed by atoms with Crippen molar-refractivity contribution in [1.82, 2.24) is 9.80 Å². The molecule has 0 aromatic heterocycles. The fraction of sp³-hybridized carbons (Fsp3) is 0.406. The summed E-state index contributed by atoms with van der Waals surface area (Å²) in [5.41, 5.74) is 1.07. The standard InChI is InChI=1S/C32H38N2O3/c1-30(2,3)37-29(35)34-28-20-21-31(34,24-36-4)23-33(22-28)32(25-14-8-5-9-15-25,26-16-10-6-11-17-26)27-18-12-7-13-19-27/h5-19,28H,20-24H2,1-4H3/t28-,31+/m0/s1/i4D3. The third kappa shape index (κ3) is 4.55. The van der Waals surface area contributed by atoms with E-state index >= 15 is 0 Å². The SMILES string of the molecule is [2H]C([2H])([2H])OC[C@@]12CC[C@@H](CN(C(c3ccccc3)(c3ccccc3)c3ccccc3)C1)N2C(=O)OC(C)(C)C. The average Bonchev–Trinajstić information content (AvgIpc) is 3.15. The van der Waals surface area contributed by atoms with E-state index in [0.29, 0.717) is 19.5 Å². The average molecular weight is 502 g/mol. The third-order valence-electron chi connectivity index (χ3n) is 7.72. The Morgan fingerprint density at radius 3 is 1.89 bits per heavy atom. The number of amides is 1. The van der Waals surface area contributed by atoms with Gasteiger partial charge in [0.25, 0.3) is 0 Å². The van der Waals surface area contributed by atoms with Crippen LogP contribution in [0.3, 0.4) is 0 Å². The minimum absolute atomic E-state index is 0.107. The van der Waals surface area contributed by atoms with Crippen LogP contribution in [0.5, 0.6) is 0 Å². The lowest BCUT2D eigenvalue weighted by molar-refractivity contribution is -0.0707. The molecule has 194 valence electrons. The van der Waals surface area contributed by atoms with E-state index in [2.05, 4.69) is 77.7 Å². The van der Waals surface area contributed by atoms with E-state index in [4.69, 9.17) is 13.6 Å². The summed E-state index contributed by atoms with van der Waals surface area (Å²) in [6, 6.07) is 31.1. The summed E-state index contributed by atoms with van der Waals surface area (Å²) in [6.07, 6.45) is 0.931. The number of hydrogen-bond donors (Lipinski definition) is 0. The lowest BCUT2D eigenvalue weighted by atomic mass is 9.74. The summed E-state index contributed by atoms with van der Waals surface area (Å²) in [7, 11) is -2.58. The predicted octanol–water partition coefficient (Wildman–Crippen LogP) is 6.08. The highest BCUT2D eigenvalue weighted by Crippen LogP contribution is 2.49. The molecule has 0 aliphatic carbocycles. The topological polar surface area (TPSA) is 42.0 Å². The van der Waals surface area contributed by atoms with Crippen LogP contribution < -0.4 is 0 Å². The minimum atomic E-state index is -2.58. The maximum Gasteiger partial charge on any atom is 0.411 e. The number of ether oxygens (including phenoxy) is 2. The van der Waals surface area contributed by atoms with Gasteiger partial charge in [0.15, 0.2) is 0 Å². The largest absolute Gasteiger partial charge is 0.444 e. The summed E-state index contributed by atoms with van der Waals surface area (Å²) in [5.74, 6) is 0. The zero-order chi connectivity index (χ0) is 28.6. The van der Waals surface area contributed by atoms with E-state index in [0.717, 1.165) is 23.1 Å². The molecule has 5 heteroatoms. The lowest BCUT2D eigenvalue weighted by Gasteiger charge is -2.55. The molecule has 37 heavy (non-hydrogen) atoms. The van der Waals surface area contributed by atoms with Crippen molar-refractivity contribution in [3.05, 3.63) is 108 Å². The van der Waals surface area contributed by atoms with Gasteiger partial charge in [0.2, 0.25) is 0 Å². The molecule has 5 nitrogen and oxygen atoms in total. The van der Waals surface area contributed by atoms with Gasteiger partial charge in [-0.3, -0.25) is 9.80 Å². The molecular formula is C32H38N2O3. The van der Waals surface area contributed by atoms with E-state index in [1.807, 2.05) is 39.0 Å². The molecule has 2 heterocycles. The second-order valence-corrected chi connectivity index (χ2v) is 11.2. The van der Waals surface area contributed by atoms with Crippen LogP contribution in [0.15, 0.2) is 91.0 Å². The van der Waals surface area contributed by atoms with Gasteiger partial charge in [0.1, 0.15) is 5.60 Å². The van der Waals surface area contributed by atoms with Crippen molar-refractivity contribution < 1.29 is 18.4 Å². The molecule has 0 unspecified atom stereocenters. The van der Waals surface area contributed by atoms with Crippen LogP contribution in [-0.2, 0) is 15.0 Å². The van der Waals surface area contributed by atoms with E-state index in [1.165, 1.54) is 0 Å². The van der Waals surface area contributed by atoms with Crippen LogP contribution in [0.2, 0.25) is 0 Å². The molecule has 2 aliphatic heterocycles. The number of fused-ring (bicyclic) bond motifs is 2. The van der Waals surface area contributed by atoms with Gasteiger partial charge in [-0.1, -0.05) is 91.0 Å². The quantitative estimate of drug-likeness (QED) is 0.384. The summed E-state index contributed by atoms with van der Waals surface area (Å²) in [4.78, 5) is 17.9. The Hall–Kier alpha value is -3.15. The Balaban J connectivity index is 1.68. The van der Waals surface area contributed by atoms with Crippen molar-refractivity contribution in [1.29, 1.82) is 0 Å². The zero-order valence-electron chi connectivity index (χ0n) is 24.9.